The minimum absolute atomic E-state index is 0.0848. The molecule has 2 aromatic carbocycles. The first-order valence-electron chi connectivity index (χ1n) is 8.78. The van der Waals surface area contributed by atoms with E-state index in [1.54, 1.807) is 12.1 Å². The first-order valence-corrected chi connectivity index (χ1v) is 8.78. The number of para-hydroxylation sites is 1. The highest BCUT2D eigenvalue weighted by Gasteiger charge is 2.23. The lowest BCUT2D eigenvalue weighted by molar-refractivity contribution is -0.384. The summed E-state index contributed by atoms with van der Waals surface area (Å²) in [7, 11) is 0. The van der Waals surface area contributed by atoms with E-state index < -0.39 is 4.92 Å². The Morgan fingerprint density at radius 3 is 2.62 bits per heavy atom. The maximum Gasteiger partial charge on any atom is 0.269 e. The molecule has 0 amide bonds. The van der Waals surface area contributed by atoms with Crippen LogP contribution in [0, 0.1) is 10.1 Å². The van der Waals surface area contributed by atoms with Gasteiger partial charge in [-0.25, -0.2) is 0 Å². The third-order valence-corrected chi connectivity index (χ3v) is 4.92. The molecule has 0 atom stereocenters. The van der Waals surface area contributed by atoms with Crippen LogP contribution in [0.25, 0.3) is 10.9 Å². The van der Waals surface area contributed by atoms with Crippen LogP contribution >= 0.6 is 0 Å². The molecule has 0 aliphatic carbocycles. The Bertz CT molecular complexity index is 989. The third kappa shape index (κ3) is 2.83. The van der Waals surface area contributed by atoms with Crippen molar-refractivity contribution in [2.45, 2.75) is 25.7 Å². The van der Waals surface area contributed by atoms with Crippen molar-refractivity contribution >= 4 is 28.2 Å². The molecule has 26 heavy (non-hydrogen) atoms. The number of non-ortho nitro benzene ring substituents is 1. The summed E-state index contributed by atoms with van der Waals surface area (Å²) in [4.78, 5) is 22.7. The van der Waals surface area contributed by atoms with Gasteiger partial charge in [0.05, 0.1) is 10.4 Å². The van der Waals surface area contributed by atoms with Crippen LogP contribution in [-0.4, -0.2) is 21.9 Å². The van der Waals surface area contributed by atoms with Crippen molar-refractivity contribution in [2.75, 3.05) is 11.9 Å². The van der Waals surface area contributed by atoms with Crippen molar-refractivity contribution in [3.8, 4) is 0 Å². The number of anilines is 1. The summed E-state index contributed by atoms with van der Waals surface area (Å²) in [6.45, 7) is 0.701. The van der Waals surface area contributed by atoms with E-state index in [1.807, 2.05) is 22.8 Å². The van der Waals surface area contributed by atoms with Crippen molar-refractivity contribution in [1.29, 1.82) is 0 Å². The second-order valence-corrected chi connectivity index (χ2v) is 6.51. The average Bonchev–Trinajstić information content (AvgIpc) is 2.97. The lowest BCUT2D eigenvalue weighted by atomic mass is 10.0. The number of rotatable bonds is 5. The third-order valence-electron chi connectivity index (χ3n) is 4.92. The Kier molecular flexibility index (Phi) is 4.16. The predicted octanol–water partition coefficient (Wildman–Crippen LogP) is 4.18. The molecular weight excluding hydrogens is 330 g/mol. The van der Waals surface area contributed by atoms with Gasteiger partial charge in [0.2, 0.25) is 5.91 Å². The van der Waals surface area contributed by atoms with E-state index in [9.17, 15) is 14.9 Å². The molecule has 0 saturated heterocycles. The summed E-state index contributed by atoms with van der Waals surface area (Å²) in [5, 5.41) is 15.2. The van der Waals surface area contributed by atoms with Gasteiger partial charge in [-0.1, -0.05) is 18.2 Å². The Balaban J connectivity index is 1.56. The van der Waals surface area contributed by atoms with E-state index in [-0.39, 0.29) is 11.6 Å². The number of nitrogens with one attached hydrogen (secondary N) is 1. The van der Waals surface area contributed by atoms with Crippen molar-refractivity contribution in [3.63, 3.8) is 0 Å². The second-order valence-electron chi connectivity index (χ2n) is 6.51. The van der Waals surface area contributed by atoms with Crippen molar-refractivity contribution < 1.29 is 9.72 Å². The Morgan fingerprint density at radius 2 is 1.85 bits per heavy atom. The minimum atomic E-state index is -0.402. The summed E-state index contributed by atoms with van der Waals surface area (Å²) in [5.41, 5.74) is 4.29. The number of nitro benzene ring substituents is 1. The number of hydrogen-bond donors (Lipinski definition) is 1. The van der Waals surface area contributed by atoms with E-state index in [0.29, 0.717) is 13.0 Å². The normalized spacial score (nSPS) is 13.6. The average molecular weight is 349 g/mol. The highest BCUT2D eigenvalue weighted by atomic mass is 16.6. The van der Waals surface area contributed by atoms with Gasteiger partial charge in [0, 0.05) is 41.9 Å². The molecule has 0 fully saturated rings. The number of aromatic nitrogens is 1. The fourth-order valence-corrected chi connectivity index (χ4v) is 3.74. The molecule has 1 aromatic heterocycles. The molecular formula is C20H19N3O3. The predicted molar refractivity (Wildman–Crippen MR) is 101 cm³/mol. The van der Waals surface area contributed by atoms with Crippen molar-refractivity contribution in [3.05, 3.63) is 69.9 Å². The maximum atomic E-state index is 12.4. The van der Waals surface area contributed by atoms with Crippen LogP contribution < -0.4 is 5.32 Å². The van der Waals surface area contributed by atoms with E-state index >= 15 is 0 Å². The number of hydrogen-bond acceptors (Lipinski definition) is 4. The van der Waals surface area contributed by atoms with Gasteiger partial charge >= 0.3 is 0 Å². The molecule has 6 heteroatoms. The fourth-order valence-electron chi connectivity index (χ4n) is 3.74. The summed E-state index contributed by atoms with van der Waals surface area (Å²) in [6.07, 6.45) is 3.23. The van der Waals surface area contributed by atoms with Crippen molar-refractivity contribution in [2.24, 2.45) is 0 Å². The van der Waals surface area contributed by atoms with Crippen LogP contribution in [0.2, 0.25) is 0 Å². The highest BCUT2D eigenvalue weighted by Crippen LogP contribution is 2.31. The lowest BCUT2D eigenvalue weighted by Gasteiger charge is -2.16. The first kappa shape index (κ1) is 16.3. The Labute approximate surface area is 150 Å². The van der Waals surface area contributed by atoms with Crippen LogP contribution in [0.3, 0.4) is 0 Å². The monoisotopic (exact) mass is 349 g/mol. The van der Waals surface area contributed by atoms with E-state index in [4.69, 9.17) is 0 Å². The molecule has 132 valence electrons. The van der Waals surface area contributed by atoms with Gasteiger partial charge in [-0.2, -0.15) is 0 Å². The molecule has 2 heterocycles. The van der Waals surface area contributed by atoms with Gasteiger partial charge in [-0.3, -0.25) is 19.5 Å². The molecule has 1 aliphatic heterocycles. The lowest BCUT2D eigenvalue weighted by Crippen LogP contribution is -2.19. The summed E-state index contributed by atoms with van der Waals surface area (Å²) < 4.78 is 1.89. The zero-order chi connectivity index (χ0) is 18.1. The Hall–Kier alpha value is -3.15. The summed E-state index contributed by atoms with van der Waals surface area (Å²) in [6, 6.07) is 14.5. The Morgan fingerprint density at radius 1 is 1.08 bits per heavy atom. The zero-order valence-corrected chi connectivity index (χ0v) is 14.3. The fraction of sp³-hybridized carbons (Fsp3) is 0.250. The molecule has 0 unspecified atom stereocenters. The van der Waals surface area contributed by atoms with E-state index in [0.717, 1.165) is 41.5 Å². The van der Waals surface area contributed by atoms with Crippen LogP contribution in [0.4, 0.5) is 11.4 Å². The van der Waals surface area contributed by atoms with E-state index in [1.165, 1.54) is 17.7 Å². The highest BCUT2D eigenvalue weighted by molar-refractivity contribution is 5.96. The van der Waals surface area contributed by atoms with E-state index in [2.05, 4.69) is 11.4 Å². The quantitative estimate of drug-likeness (QED) is 0.554. The molecule has 1 aliphatic rings. The van der Waals surface area contributed by atoms with Gasteiger partial charge in [0.15, 0.2) is 0 Å². The summed E-state index contributed by atoms with van der Waals surface area (Å²) in [5.74, 6) is 0.178. The maximum absolute atomic E-state index is 12.4. The molecule has 0 radical (unpaired) electrons. The number of nitrogens with zero attached hydrogens (tertiary/aromatic N) is 2. The van der Waals surface area contributed by atoms with Gasteiger partial charge in [0.1, 0.15) is 0 Å². The van der Waals surface area contributed by atoms with Gasteiger partial charge in [-0.15, -0.1) is 0 Å². The molecule has 3 aromatic rings. The van der Waals surface area contributed by atoms with Crippen LogP contribution in [0.15, 0.2) is 48.5 Å². The van der Waals surface area contributed by atoms with Crippen LogP contribution in [0.5, 0.6) is 0 Å². The molecule has 0 saturated carbocycles. The molecule has 1 N–H and O–H groups in total. The smallest absolute Gasteiger partial charge is 0.269 e. The van der Waals surface area contributed by atoms with Crippen LogP contribution in [-0.2, 0) is 12.8 Å². The van der Waals surface area contributed by atoms with Gasteiger partial charge in [0.25, 0.3) is 5.69 Å². The molecule has 4 rings (SSSR count). The molecule has 0 spiro atoms. The SMILES string of the molecule is O=C1CCCc2c(CCNc3ccc([N+](=O)[O-])cc3)c3ccccc3n21. The van der Waals surface area contributed by atoms with Gasteiger partial charge < -0.3 is 5.32 Å². The minimum Gasteiger partial charge on any atom is -0.385 e. The molecule has 0 bridgehead atoms. The summed E-state index contributed by atoms with van der Waals surface area (Å²) >= 11 is 0. The van der Waals surface area contributed by atoms with Gasteiger partial charge in [-0.05, 0) is 43.0 Å². The number of fused-ring (bicyclic) bond motifs is 3. The van der Waals surface area contributed by atoms with Crippen LogP contribution in [0.1, 0.15) is 28.9 Å². The van der Waals surface area contributed by atoms with Crippen molar-refractivity contribution in [1.82, 2.24) is 4.57 Å². The standard InChI is InChI=1S/C20H19N3O3/c24-20-7-3-6-19-17(16-4-1-2-5-18(16)22(19)20)12-13-21-14-8-10-15(11-9-14)23(25)26/h1-2,4-5,8-11,21H,3,6-7,12-13H2. The number of nitro groups is 1. The number of carbonyl (C=O) groups is 1. The molecule has 6 nitrogen and oxygen atoms in total. The number of carbonyl (C=O) groups excluding carboxylic acids is 1. The topological polar surface area (TPSA) is 77.2 Å². The number of benzene rings is 2. The second kappa shape index (κ2) is 6.63. The first-order chi connectivity index (χ1) is 12.6. The largest absolute Gasteiger partial charge is 0.385 e. The zero-order valence-electron chi connectivity index (χ0n) is 14.3.